The standard InChI is InChI=1S/C20H24N2O4S/c1-4-12(2)16(14-8-6-5-7-9-14)20(25)26-13(3)18(24)22-19-15(17(21)23)10-11-27-19/h5-13,16H,4H2,1-3H3,(H2,21,23)(H,22,24)/t12-,13+,16+/m1/s1. The summed E-state index contributed by atoms with van der Waals surface area (Å²) in [5.41, 5.74) is 6.37. The number of carbonyl (C=O) groups excluding carboxylic acids is 3. The van der Waals surface area contributed by atoms with Crippen LogP contribution in [0.3, 0.4) is 0 Å². The van der Waals surface area contributed by atoms with Gasteiger partial charge in [-0.25, -0.2) is 0 Å². The molecule has 1 aromatic carbocycles. The van der Waals surface area contributed by atoms with Crippen LogP contribution in [0.1, 0.15) is 49.0 Å². The zero-order valence-corrected chi connectivity index (χ0v) is 16.4. The van der Waals surface area contributed by atoms with Crippen LogP contribution in [-0.2, 0) is 14.3 Å². The zero-order chi connectivity index (χ0) is 20.0. The summed E-state index contributed by atoms with van der Waals surface area (Å²) in [5, 5.41) is 4.60. The number of rotatable bonds is 8. The van der Waals surface area contributed by atoms with Crippen molar-refractivity contribution in [2.24, 2.45) is 11.7 Å². The number of hydrogen-bond donors (Lipinski definition) is 2. The van der Waals surface area contributed by atoms with E-state index in [0.29, 0.717) is 5.00 Å². The molecular weight excluding hydrogens is 364 g/mol. The highest BCUT2D eigenvalue weighted by atomic mass is 32.1. The maximum atomic E-state index is 12.8. The first-order valence-electron chi connectivity index (χ1n) is 8.78. The fourth-order valence-corrected chi connectivity index (χ4v) is 3.50. The molecule has 1 aromatic heterocycles. The van der Waals surface area contributed by atoms with E-state index in [-0.39, 0.29) is 11.5 Å². The summed E-state index contributed by atoms with van der Waals surface area (Å²) >= 11 is 1.18. The Kier molecular flexibility index (Phi) is 7.12. The van der Waals surface area contributed by atoms with Crippen LogP contribution in [0.15, 0.2) is 41.8 Å². The minimum atomic E-state index is -1.00. The number of hydrogen-bond acceptors (Lipinski definition) is 5. The van der Waals surface area contributed by atoms with Crippen LogP contribution in [0.4, 0.5) is 5.00 Å². The molecule has 3 atom stereocenters. The lowest BCUT2D eigenvalue weighted by Gasteiger charge is -2.23. The number of amides is 2. The molecule has 27 heavy (non-hydrogen) atoms. The fraction of sp³-hybridized carbons (Fsp3) is 0.350. The first-order chi connectivity index (χ1) is 12.8. The van der Waals surface area contributed by atoms with Crippen LogP contribution in [0.2, 0.25) is 0 Å². The van der Waals surface area contributed by atoms with Crippen molar-refractivity contribution in [3.05, 3.63) is 52.9 Å². The van der Waals surface area contributed by atoms with E-state index in [1.165, 1.54) is 24.3 Å². The van der Waals surface area contributed by atoms with E-state index in [1.807, 2.05) is 44.2 Å². The van der Waals surface area contributed by atoms with Gasteiger partial charge in [0.05, 0.1) is 11.5 Å². The maximum absolute atomic E-state index is 12.8. The highest BCUT2D eigenvalue weighted by Crippen LogP contribution is 2.29. The van der Waals surface area contributed by atoms with E-state index in [2.05, 4.69) is 5.32 Å². The number of nitrogens with two attached hydrogens (primary N) is 1. The number of anilines is 1. The minimum absolute atomic E-state index is 0.0638. The monoisotopic (exact) mass is 388 g/mol. The number of primary amides is 1. The molecule has 0 fully saturated rings. The van der Waals surface area contributed by atoms with Crippen LogP contribution in [0.5, 0.6) is 0 Å². The molecule has 2 amide bonds. The number of ether oxygens (including phenoxy) is 1. The molecule has 0 aliphatic heterocycles. The Morgan fingerprint density at radius 1 is 1.15 bits per heavy atom. The van der Waals surface area contributed by atoms with Gasteiger partial charge >= 0.3 is 5.97 Å². The van der Waals surface area contributed by atoms with Crippen molar-refractivity contribution in [2.75, 3.05) is 5.32 Å². The molecule has 0 aliphatic rings. The molecule has 2 aromatic rings. The Labute approximate surface area is 162 Å². The summed E-state index contributed by atoms with van der Waals surface area (Å²) in [7, 11) is 0. The summed E-state index contributed by atoms with van der Waals surface area (Å²) in [4.78, 5) is 36.5. The van der Waals surface area contributed by atoms with Gasteiger partial charge in [0.2, 0.25) is 0 Å². The van der Waals surface area contributed by atoms with E-state index < -0.39 is 29.8 Å². The van der Waals surface area contributed by atoms with Crippen LogP contribution in [0, 0.1) is 5.92 Å². The van der Waals surface area contributed by atoms with Gasteiger partial charge in [-0.15, -0.1) is 11.3 Å². The predicted octanol–water partition coefficient (Wildman–Crippen LogP) is 3.55. The Morgan fingerprint density at radius 2 is 1.81 bits per heavy atom. The van der Waals surface area contributed by atoms with Gasteiger partial charge in [0.1, 0.15) is 5.00 Å². The summed E-state index contributed by atoms with van der Waals surface area (Å²) in [5.74, 6) is -1.97. The van der Waals surface area contributed by atoms with Crippen molar-refractivity contribution in [2.45, 2.75) is 39.2 Å². The Balaban J connectivity index is 2.09. The van der Waals surface area contributed by atoms with Crippen LogP contribution < -0.4 is 11.1 Å². The SMILES string of the molecule is CC[C@@H](C)[C@H](C(=O)O[C@@H](C)C(=O)Nc1sccc1C(N)=O)c1ccccc1. The van der Waals surface area contributed by atoms with Crippen molar-refractivity contribution >= 4 is 34.1 Å². The van der Waals surface area contributed by atoms with Crippen molar-refractivity contribution in [3.63, 3.8) is 0 Å². The molecule has 0 aliphatic carbocycles. The second kappa shape index (κ2) is 9.32. The van der Waals surface area contributed by atoms with Gasteiger partial charge in [-0.2, -0.15) is 0 Å². The van der Waals surface area contributed by atoms with Gasteiger partial charge in [0.25, 0.3) is 11.8 Å². The Hall–Kier alpha value is -2.67. The van der Waals surface area contributed by atoms with E-state index in [1.54, 1.807) is 5.38 Å². The molecular formula is C20H24N2O4S. The van der Waals surface area contributed by atoms with Crippen molar-refractivity contribution < 1.29 is 19.1 Å². The first-order valence-corrected chi connectivity index (χ1v) is 9.66. The highest BCUT2D eigenvalue weighted by molar-refractivity contribution is 7.14. The minimum Gasteiger partial charge on any atom is -0.452 e. The van der Waals surface area contributed by atoms with Gasteiger partial charge < -0.3 is 15.8 Å². The number of nitrogens with one attached hydrogen (secondary N) is 1. The lowest BCUT2D eigenvalue weighted by Crippen LogP contribution is -2.33. The molecule has 1 heterocycles. The second-order valence-corrected chi connectivity index (χ2v) is 7.29. The van der Waals surface area contributed by atoms with Crippen molar-refractivity contribution in [1.29, 1.82) is 0 Å². The van der Waals surface area contributed by atoms with E-state index >= 15 is 0 Å². The third-order valence-electron chi connectivity index (χ3n) is 4.46. The molecule has 3 N–H and O–H groups in total. The van der Waals surface area contributed by atoms with Crippen LogP contribution in [0.25, 0.3) is 0 Å². The highest BCUT2D eigenvalue weighted by Gasteiger charge is 2.30. The molecule has 0 spiro atoms. The zero-order valence-electron chi connectivity index (χ0n) is 15.6. The summed E-state index contributed by atoms with van der Waals surface area (Å²) in [6, 6.07) is 10.9. The smallest absolute Gasteiger partial charge is 0.314 e. The predicted molar refractivity (Wildman–Crippen MR) is 106 cm³/mol. The number of carbonyl (C=O) groups is 3. The van der Waals surface area contributed by atoms with E-state index in [0.717, 1.165) is 12.0 Å². The topological polar surface area (TPSA) is 98.5 Å². The van der Waals surface area contributed by atoms with Gasteiger partial charge in [-0.1, -0.05) is 50.6 Å². The average Bonchev–Trinajstić information content (AvgIpc) is 3.10. The van der Waals surface area contributed by atoms with Gasteiger partial charge in [-0.3, -0.25) is 14.4 Å². The number of thiophene rings is 1. The second-order valence-electron chi connectivity index (χ2n) is 6.37. The quantitative estimate of drug-likeness (QED) is 0.676. The molecule has 0 radical (unpaired) electrons. The summed E-state index contributed by atoms with van der Waals surface area (Å²) in [6.45, 7) is 5.49. The summed E-state index contributed by atoms with van der Waals surface area (Å²) < 4.78 is 5.44. The lowest BCUT2D eigenvalue weighted by molar-refractivity contribution is -0.155. The molecule has 0 saturated heterocycles. The van der Waals surface area contributed by atoms with Crippen molar-refractivity contribution in [1.82, 2.24) is 0 Å². The molecule has 0 unspecified atom stereocenters. The van der Waals surface area contributed by atoms with Gasteiger partial charge in [-0.05, 0) is 29.9 Å². The maximum Gasteiger partial charge on any atom is 0.314 e. The van der Waals surface area contributed by atoms with Crippen molar-refractivity contribution in [3.8, 4) is 0 Å². The molecule has 6 nitrogen and oxygen atoms in total. The number of esters is 1. The third kappa shape index (κ3) is 5.17. The molecule has 7 heteroatoms. The number of benzene rings is 1. The Morgan fingerprint density at radius 3 is 2.41 bits per heavy atom. The first kappa shape index (κ1) is 20.6. The molecule has 0 bridgehead atoms. The van der Waals surface area contributed by atoms with Crippen LogP contribution >= 0.6 is 11.3 Å². The lowest BCUT2D eigenvalue weighted by atomic mass is 9.85. The molecule has 144 valence electrons. The van der Waals surface area contributed by atoms with Gasteiger partial charge in [0.15, 0.2) is 6.10 Å². The molecule has 0 saturated carbocycles. The molecule has 2 rings (SSSR count). The summed E-state index contributed by atoms with van der Waals surface area (Å²) in [6.07, 6.45) is -0.206. The largest absolute Gasteiger partial charge is 0.452 e. The van der Waals surface area contributed by atoms with Gasteiger partial charge in [0, 0.05) is 0 Å². The normalized spacial score (nSPS) is 14.0. The Bertz CT molecular complexity index is 803. The third-order valence-corrected chi connectivity index (χ3v) is 5.29. The van der Waals surface area contributed by atoms with Crippen LogP contribution in [-0.4, -0.2) is 23.9 Å². The average molecular weight is 388 g/mol. The van der Waals surface area contributed by atoms with E-state index in [9.17, 15) is 14.4 Å². The fourth-order valence-electron chi connectivity index (χ4n) is 2.71. The van der Waals surface area contributed by atoms with E-state index in [4.69, 9.17) is 10.5 Å².